The van der Waals surface area contributed by atoms with E-state index >= 15 is 0 Å². The average Bonchev–Trinajstić information content (AvgIpc) is 2.25. The van der Waals surface area contributed by atoms with Gasteiger partial charge >= 0.3 is 0 Å². The van der Waals surface area contributed by atoms with Crippen molar-refractivity contribution in [2.45, 2.75) is 27.7 Å². The minimum atomic E-state index is 0.0190. The SMILES string of the molecule is CCOc1cccc(N=C(N(C)C)C(C)(C)C)c1. The fraction of sp³-hybridized carbons (Fsp3) is 0.533. The van der Waals surface area contributed by atoms with E-state index in [1.807, 2.05) is 45.3 Å². The maximum atomic E-state index is 5.49. The second kappa shape index (κ2) is 5.89. The van der Waals surface area contributed by atoms with Gasteiger partial charge in [0, 0.05) is 25.6 Å². The van der Waals surface area contributed by atoms with E-state index in [1.165, 1.54) is 0 Å². The molecule has 1 aromatic rings. The molecule has 3 heteroatoms. The van der Waals surface area contributed by atoms with Crippen LogP contribution >= 0.6 is 0 Å². The van der Waals surface area contributed by atoms with Gasteiger partial charge in [-0.15, -0.1) is 0 Å². The highest BCUT2D eigenvalue weighted by molar-refractivity contribution is 5.89. The van der Waals surface area contributed by atoms with E-state index in [4.69, 9.17) is 9.73 Å². The Morgan fingerprint density at radius 1 is 1.28 bits per heavy atom. The number of ether oxygens (including phenoxy) is 1. The third kappa shape index (κ3) is 4.06. The Balaban J connectivity index is 3.08. The fourth-order valence-electron chi connectivity index (χ4n) is 1.87. The first-order chi connectivity index (χ1) is 8.34. The highest BCUT2D eigenvalue weighted by Gasteiger charge is 2.20. The summed E-state index contributed by atoms with van der Waals surface area (Å²) >= 11 is 0. The number of aliphatic imine (C=N–C) groups is 1. The Morgan fingerprint density at radius 3 is 2.44 bits per heavy atom. The quantitative estimate of drug-likeness (QED) is 0.601. The number of hydrogen-bond acceptors (Lipinski definition) is 2. The fourth-order valence-corrected chi connectivity index (χ4v) is 1.87. The minimum absolute atomic E-state index is 0.0190. The van der Waals surface area contributed by atoms with Gasteiger partial charge in [0.2, 0.25) is 0 Å². The summed E-state index contributed by atoms with van der Waals surface area (Å²) in [6.45, 7) is 9.15. The molecule has 0 N–H and O–H groups in total. The van der Waals surface area contributed by atoms with Gasteiger partial charge in [0.05, 0.1) is 12.3 Å². The molecule has 3 nitrogen and oxygen atoms in total. The lowest BCUT2D eigenvalue weighted by atomic mass is 9.94. The summed E-state index contributed by atoms with van der Waals surface area (Å²) in [5, 5.41) is 0. The normalized spacial score (nSPS) is 12.4. The van der Waals surface area contributed by atoms with Gasteiger partial charge in [0.15, 0.2) is 0 Å². The van der Waals surface area contributed by atoms with Crippen LogP contribution in [0.2, 0.25) is 0 Å². The van der Waals surface area contributed by atoms with Crippen molar-refractivity contribution in [3.05, 3.63) is 24.3 Å². The molecule has 0 fully saturated rings. The standard InChI is InChI=1S/C15H24N2O/c1-7-18-13-10-8-9-12(11-13)16-14(17(5)6)15(2,3)4/h8-11H,7H2,1-6H3. The van der Waals surface area contributed by atoms with Crippen molar-refractivity contribution in [2.75, 3.05) is 20.7 Å². The molecule has 1 rings (SSSR count). The monoisotopic (exact) mass is 248 g/mol. The van der Waals surface area contributed by atoms with Crippen LogP contribution in [0.3, 0.4) is 0 Å². The molecule has 0 aliphatic rings. The Morgan fingerprint density at radius 2 is 1.94 bits per heavy atom. The summed E-state index contributed by atoms with van der Waals surface area (Å²) in [7, 11) is 4.05. The van der Waals surface area contributed by atoms with Gasteiger partial charge in [-0.25, -0.2) is 4.99 Å². The molecule has 0 atom stereocenters. The smallest absolute Gasteiger partial charge is 0.121 e. The third-order valence-electron chi connectivity index (χ3n) is 2.46. The highest BCUT2D eigenvalue weighted by atomic mass is 16.5. The number of nitrogens with zero attached hydrogens (tertiary/aromatic N) is 2. The molecule has 0 spiro atoms. The van der Waals surface area contributed by atoms with Crippen LogP contribution < -0.4 is 4.74 Å². The first-order valence-corrected chi connectivity index (χ1v) is 6.34. The maximum Gasteiger partial charge on any atom is 0.121 e. The molecule has 0 aromatic heterocycles. The molecule has 0 unspecified atom stereocenters. The predicted molar refractivity (Wildman–Crippen MR) is 77.8 cm³/mol. The van der Waals surface area contributed by atoms with Crippen molar-refractivity contribution in [1.82, 2.24) is 4.90 Å². The maximum absolute atomic E-state index is 5.49. The lowest BCUT2D eigenvalue weighted by Crippen LogP contribution is -2.33. The average molecular weight is 248 g/mol. The topological polar surface area (TPSA) is 24.8 Å². The van der Waals surface area contributed by atoms with Gasteiger partial charge in [-0.05, 0) is 19.1 Å². The molecule has 0 radical (unpaired) electrons. The minimum Gasteiger partial charge on any atom is -0.494 e. The van der Waals surface area contributed by atoms with Crippen LogP contribution in [0.4, 0.5) is 5.69 Å². The Bertz CT molecular complexity index is 417. The van der Waals surface area contributed by atoms with E-state index in [-0.39, 0.29) is 5.41 Å². The van der Waals surface area contributed by atoms with E-state index in [2.05, 4.69) is 25.7 Å². The molecule has 18 heavy (non-hydrogen) atoms. The van der Waals surface area contributed by atoms with Crippen LogP contribution in [0.1, 0.15) is 27.7 Å². The van der Waals surface area contributed by atoms with Crippen LogP contribution in [-0.2, 0) is 0 Å². The van der Waals surface area contributed by atoms with E-state index in [9.17, 15) is 0 Å². The molecule has 100 valence electrons. The molecule has 1 aromatic carbocycles. The van der Waals surface area contributed by atoms with Crippen molar-refractivity contribution < 1.29 is 4.74 Å². The number of rotatable bonds is 3. The molecule has 0 bridgehead atoms. The van der Waals surface area contributed by atoms with Crippen molar-refractivity contribution in [1.29, 1.82) is 0 Å². The zero-order chi connectivity index (χ0) is 13.8. The summed E-state index contributed by atoms with van der Waals surface area (Å²) in [4.78, 5) is 6.80. The van der Waals surface area contributed by atoms with Crippen LogP contribution in [0.25, 0.3) is 0 Å². The van der Waals surface area contributed by atoms with Crippen LogP contribution in [-0.4, -0.2) is 31.4 Å². The molecule has 0 saturated heterocycles. The lowest BCUT2D eigenvalue weighted by molar-refractivity contribution is 0.340. The summed E-state index contributed by atoms with van der Waals surface area (Å²) in [5.41, 5.74) is 0.949. The van der Waals surface area contributed by atoms with Gasteiger partial charge in [0.1, 0.15) is 11.6 Å². The summed E-state index contributed by atoms with van der Waals surface area (Å²) < 4.78 is 5.49. The van der Waals surface area contributed by atoms with E-state index in [0.717, 1.165) is 17.3 Å². The molecular weight excluding hydrogens is 224 g/mol. The summed E-state index contributed by atoms with van der Waals surface area (Å²) in [6, 6.07) is 7.89. The lowest BCUT2D eigenvalue weighted by Gasteiger charge is -2.27. The van der Waals surface area contributed by atoms with Gasteiger partial charge in [-0.1, -0.05) is 26.8 Å². The number of hydrogen-bond donors (Lipinski definition) is 0. The van der Waals surface area contributed by atoms with Crippen molar-refractivity contribution in [3.63, 3.8) is 0 Å². The Hall–Kier alpha value is -1.51. The molecule has 0 aliphatic carbocycles. The first-order valence-electron chi connectivity index (χ1n) is 6.34. The van der Waals surface area contributed by atoms with Gasteiger partial charge in [-0.2, -0.15) is 0 Å². The summed E-state index contributed by atoms with van der Waals surface area (Å²) in [6.07, 6.45) is 0. The van der Waals surface area contributed by atoms with E-state index < -0.39 is 0 Å². The van der Waals surface area contributed by atoms with Crippen molar-refractivity contribution >= 4 is 11.5 Å². The molecule has 0 saturated carbocycles. The zero-order valence-electron chi connectivity index (χ0n) is 12.3. The Labute approximate surface area is 110 Å². The predicted octanol–water partition coefficient (Wildman–Crippen LogP) is 3.72. The highest BCUT2D eigenvalue weighted by Crippen LogP contribution is 2.25. The number of amidine groups is 1. The molecule has 0 heterocycles. The van der Waals surface area contributed by atoms with Gasteiger partial charge < -0.3 is 9.64 Å². The van der Waals surface area contributed by atoms with Crippen molar-refractivity contribution in [3.8, 4) is 5.75 Å². The third-order valence-corrected chi connectivity index (χ3v) is 2.46. The van der Waals surface area contributed by atoms with Crippen LogP contribution in [0.5, 0.6) is 5.75 Å². The second-order valence-corrected chi connectivity index (χ2v) is 5.51. The largest absolute Gasteiger partial charge is 0.494 e. The molecule has 0 amide bonds. The summed E-state index contributed by atoms with van der Waals surface area (Å²) in [5.74, 6) is 1.92. The van der Waals surface area contributed by atoms with Crippen molar-refractivity contribution in [2.24, 2.45) is 10.4 Å². The van der Waals surface area contributed by atoms with Crippen LogP contribution in [0.15, 0.2) is 29.3 Å². The second-order valence-electron chi connectivity index (χ2n) is 5.51. The zero-order valence-corrected chi connectivity index (χ0v) is 12.3. The van der Waals surface area contributed by atoms with E-state index in [0.29, 0.717) is 6.61 Å². The van der Waals surface area contributed by atoms with Crippen LogP contribution in [0, 0.1) is 5.41 Å². The Kier molecular flexibility index (Phi) is 4.76. The van der Waals surface area contributed by atoms with E-state index in [1.54, 1.807) is 0 Å². The number of benzene rings is 1. The first kappa shape index (κ1) is 14.6. The van der Waals surface area contributed by atoms with Gasteiger partial charge in [-0.3, -0.25) is 0 Å². The molecular formula is C15H24N2O. The molecule has 0 aliphatic heterocycles. The van der Waals surface area contributed by atoms with Gasteiger partial charge in [0.25, 0.3) is 0 Å².